The summed E-state index contributed by atoms with van der Waals surface area (Å²) in [6, 6.07) is 17.1. The van der Waals surface area contributed by atoms with Gasteiger partial charge in [-0.3, -0.25) is 14.8 Å². The Kier molecular flexibility index (Phi) is 6.73. The maximum Gasteiger partial charge on any atom is 0.270 e. The number of carbonyl (C=O) groups excluding carboxylic acids is 1. The Morgan fingerprint density at radius 3 is 2.69 bits per heavy atom. The zero-order valence-electron chi connectivity index (χ0n) is 20.9. The van der Waals surface area contributed by atoms with Crippen molar-refractivity contribution in [1.29, 1.82) is 10.5 Å². The first kappa shape index (κ1) is 25.5. The molecule has 0 saturated carbocycles. The third-order valence-electron chi connectivity index (χ3n) is 6.43. The van der Waals surface area contributed by atoms with E-state index in [1.54, 1.807) is 30.3 Å². The monoisotopic (exact) mass is 524 g/mol. The Balaban J connectivity index is 1.63. The van der Waals surface area contributed by atoms with E-state index in [4.69, 9.17) is 5.26 Å². The quantitative estimate of drug-likeness (QED) is 0.295. The fourth-order valence-electron chi connectivity index (χ4n) is 4.61. The van der Waals surface area contributed by atoms with Gasteiger partial charge in [0.25, 0.3) is 11.8 Å². The lowest BCUT2D eigenvalue weighted by molar-refractivity contribution is 0.0166. The normalized spacial score (nSPS) is 12.6. The zero-order valence-corrected chi connectivity index (χ0v) is 20.9. The number of aromatic nitrogens is 4. The molecule has 0 spiro atoms. The SMILES string of the molecule is CC(F)(F)c1cccc2c1CN(c1cc(-c3cc(C#N)ccc3-c3ncn[nH]3)cc(NCCCC#N)n1)C2=O. The lowest BCUT2D eigenvalue weighted by Gasteiger charge is -2.19. The third kappa shape index (κ3) is 5.03. The molecule has 2 aromatic carbocycles. The van der Waals surface area contributed by atoms with Crippen molar-refractivity contribution in [3.8, 4) is 34.7 Å². The molecule has 9 nitrogen and oxygen atoms in total. The van der Waals surface area contributed by atoms with Crippen LogP contribution in [0.25, 0.3) is 22.5 Å². The number of alkyl halides is 2. The van der Waals surface area contributed by atoms with Gasteiger partial charge in [-0.25, -0.2) is 18.7 Å². The second kappa shape index (κ2) is 10.3. The molecule has 2 N–H and O–H groups in total. The molecule has 1 amide bonds. The van der Waals surface area contributed by atoms with Crippen LogP contribution in [0.3, 0.4) is 0 Å². The molecule has 0 radical (unpaired) electrons. The van der Waals surface area contributed by atoms with Gasteiger partial charge >= 0.3 is 0 Å². The molecule has 0 fully saturated rings. The molecule has 1 aliphatic rings. The van der Waals surface area contributed by atoms with E-state index < -0.39 is 11.8 Å². The second-order valence-electron chi connectivity index (χ2n) is 9.11. The molecule has 0 bridgehead atoms. The van der Waals surface area contributed by atoms with E-state index in [1.165, 1.54) is 29.4 Å². The minimum absolute atomic E-state index is 0.0642. The smallest absolute Gasteiger partial charge is 0.270 e. The maximum absolute atomic E-state index is 14.3. The van der Waals surface area contributed by atoms with E-state index in [-0.39, 0.29) is 29.1 Å². The van der Waals surface area contributed by atoms with Gasteiger partial charge in [-0.15, -0.1) is 0 Å². The zero-order chi connectivity index (χ0) is 27.6. The third-order valence-corrected chi connectivity index (χ3v) is 6.43. The van der Waals surface area contributed by atoms with E-state index in [0.29, 0.717) is 53.3 Å². The number of anilines is 2. The Hall–Kier alpha value is -5.16. The predicted molar refractivity (Wildman–Crippen MR) is 140 cm³/mol. The van der Waals surface area contributed by atoms with Crippen LogP contribution >= 0.6 is 0 Å². The number of aromatic amines is 1. The fourth-order valence-corrected chi connectivity index (χ4v) is 4.61. The number of H-pyrrole nitrogens is 1. The minimum atomic E-state index is -3.12. The van der Waals surface area contributed by atoms with Crippen molar-refractivity contribution in [2.24, 2.45) is 0 Å². The number of hydrogen-bond acceptors (Lipinski definition) is 7. The first-order valence-electron chi connectivity index (χ1n) is 12.2. The summed E-state index contributed by atoms with van der Waals surface area (Å²) in [5.74, 6) is -2.38. The molecule has 0 aliphatic carbocycles. The van der Waals surface area contributed by atoms with Crippen molar-refractivity contribution in [2.45, 2.75) is 32.2 Å². The number of amides is 1. The highest BCUT2D eigenvalue weighted by molar-refractivity contribution is 6.10. The number of nitrogens with one attached hydrogen (secondary N) is 2. The van der Waals surface area contributed by atoms with Crippen LogP contribution in [0.15, 0.2) is 54.9 Å². The lowest BCUT2D eigenvalue weighted by atomic mass is 9.97. The van der Waals surface area contributed by atoms with Crippen LogP contribution in [0.4, 0.5) is 20.4 Å². The first-order chi connectivity index (χ1) is 18.8. The highest BCUT2D eigenvalue weighted by atomic mass is 19.3. The van der Waals surface area contributed by atoms with Gasteiger partial charge in [0.1, 0.15) is 18.0 Å². The maximum atomic E-state index is 14.3. The molecule has 5 rings (SSSR count). The van der Waals surface area contributed by atoms with Crippen molar-refractivity contribution in [2.75, 3.05) is 16.8 Å². The largest absolute Gasteiger partial charge is 0.370 e. The van der Waals surface area contributed by atoms with E-state index in [9.17, 15) is 18.8 Å². The molecule has 3 heterocycles. The number of pyridine rings is 1. The van der Waals surface area contributed by atoms with Gasteiger partial charge in [0.2, 0.25) is 0 Å². The highest BCUT2D eigenvalue weighted by Crippen LogP contribution is 2.39. The number of carbonyl (C=O) groups is 1. The summed E-state index contributed by atoms with van der Waals surface area (Å²) in [6.07, 6.45) is 2.31. The summed E-state index contributed by atoms with van der Waals surface area (Å²) in [6.45, 7) is 1.20. The molecule has 194 valence electrons. The summed E-state index contributed by atoms with van der Waals surface area (Å²) in [5, 5.41) is 28.4. The van der Waals surface area contributed by atoms with Crippen molar-refractivity contribution in [3.05, 3.63) is 77.1 Å². The number of hydrogen-bond donors (Lipinski definition) is 2. The van der Waals surface area contributed by atoms with Gasteiger partial charge < -0.3 is 5.32 Å². The second-order valence-corrected chi connectivity index (χ2v) is 9.11. The van der Waals surface area contributed by atoms with Gasteiger partial charge in [0.05, 0.1) is 24.2 Å². The van der Waals surface area contributed by atoms with Crippen LogP contribution in [-0.2, 0) is 12.5 Å². The molecule has 4 aromatic rings. The van der Waals surface area contributed by atoms with Gasteiger partial charge in [0, 0.05) is 36.6 Å². The van der Waals surface area contributed by atoms with Crippen molar-refractivity contribution in [3.63, 3.8) is 0 Å². The van der Waals surface area contributed by atoms with E-state index in [2.05, 4.69) is 37.6 Å². The predicted octanol–water partition coefficient (Wildman–Crippen LogP) is 5.39. The van der Waals surface area contributed by atoms with Crippen LogP contribution in [-0.4, -0.2) is 32.6 Å². The number of halogens is 2. The minimum Gasteiger partial charge on any atom is -0.370 e. The summed E-state index contributed by atoms with van der Waals surface area (Å²) in [5.41, 5.74) is 2.61. The van der Waals surface area contributed by atoms with E-state index in [1.807, 2.05) is 0 Å². The molecule has 11 heteroatoms. The number of unbranched alkanes of at least 4 members (excludes halogenated alkanes) is 1. The lowest BCUT2D eigenvalue weighted by Crippen LogP contribution is -2.24. The fraction of sp³-hybridized carbons (Fsp3) is 0.214. The summed E-state index contributed by atoms with van der Waals surface area (Å²) < 4.78 is 28.7. The van der Waals surface area contributed by atoms with Crippen LogP contribution in [0.5, 0.6) is 0 Å². The Morgan fingerprint density at radius 1 is 1.13 bits per heavy atom. The first-order valence-corrected chi connectivity index (χ1v) is 12.2. The van der Waals surface area contributed by atoms with Crippen LogP contribution < -0.4 is 10.2 Å². The van der Waals surface area contributed by atoms with Crippen LogP contribution in [0, 0.1) is 22.7 Å². The molecule has 1 aliphatic heterocycles. The Morgan fingerprint density at radius 2 is 1.97 bits per heavy atom. The average Bonchev–Trinajstić information content (AvgIpc) is 3.58. The molecule has 0 atom stereocenters. The number of nitriles is 2. The number of nitrogens with zero attached hydrogens (tertiary/aromatic N) is 6. The van der Waals surface area contributed by atoms with Crippen LogP contribution in [0.1, 0.15) is 46.8 Å². The summed E-state index contributed by atoms with van der Waals surface area (Å²) in [4.78, 5) is 23.6. The number of fused-ring (bicyclic) bond motifs is 1. The number of benzene rings is 2. The van der Waals surface area contributed by atoms with Gasteiger partial charge in [-0.05, 0) is 59.5 Å². The topological polar surface area (TPSA) is 134 Å². The van der Waals surface area contributed by atoms with Crippen molar-refractivity contribution in [1.82, 2.24) is 20.2 Å². The molecule has 2 aromatic heterocycles. The Bertz CT molecular complexity index is 1630. The van der Waals surface area contributed by atoms with Crippen LogP contribution in [0.2, 0.25) is 0 Å². The van der Waals surface area contributed by atoms with Gasteiger partial charge in [-0.1, -0.05) is 12.1 Å². The van der Waals surface area contributed by atoms with Gasteiger partial charge in [0.15, 0.2) is 5.82 Å². The Labute approximate surface area is 222 Å². The molecule has 0 saturated heterocycles. The van der Waals surface area contributed by atoms with E-state index in [0.717, 1.165) is 6.92 Å². The van der Waals surface area contributed by atoms with Crippen molar-refractivity contribution < 1.29 is 13.6 Å². The summed E-state index contributed by atoms with van der Waals surface area (Å²) in [7, 11) is 0. The standard InChI is InChI=1S/C28H22F2N8O/c1-28(29,30)23-6-4-5-20-22(23)15-38(27(20)39)25-13-18(12-24(36-25)33-10-3-2-9-31)21-11-17(14-32)7-8-19(21)26-34-16-35-37-26/h4-8,11-13,16H,2-3,10,15H2,1H3,(H,33,36)(H,34,35,37). The van der Waals surface area contributed by atoms with Gasteiger partial charge in [-0.2, -0.15) is 15.6 Å². The van der Waals surface area contributed by atoms with Crippen molar-refractivity contribution >= 4 is 17.5 Å². The highest BCUT2D eigenvalue weighted by Gasteiger charge is 2.37. The molecular formula is C28H22F2N8O. The molecule has 39 heavy (non-hydrogen) atoms. The van der Waals surface area contributed by atoms with E-state index >= 15 is 0 Å². The number of rotatable bonds is 8. The average molecular weight is 525 g/mol. The molecular weight excluding hydrogens is 502 g/mol. The summed E-state index contributed by atoms with van der Waals surface area (Å²) >= 11 is 0. The molecule has 0 unspecified atom stereocenters.